The van der Waals surface area contributed by atoms with Crippen LogP contribution in [0.5, 0.6) is 11.5 Å². The number of thioether (sulfide) groups is 1. The van der Waals surface area contributed by atoms with E-state index in [4.69, 9.17) is 9.47 Å². The summed E-state index contributed by atoms with van der Waals surface area (Å²) in [6.45, 7) is 3.15. The van der Waals surface area contributed by atoms with Crippen LogP contribution >= 0.6 is 11.8 Å². The largest absolute Gasteiger partial charge is 0.493 e. The number of ether oxygens (including phenoxy) is 3. The molecular formula is C24H24N2O7S. The van der Waals surface area contributed by atoms with E-state index in [1.165, 1.54) is 27.2 Å². The molecule has 178 valence electrons. The second-order valence-electron chi connectivity index (χ2n) is 7.36. The quantitative estimate of drug-likeness (QED) is 0.447. The number of benzene rings is 2. The van der Waals surface area contributed by atoms with Crippen molar-refractivity contribution in [2.75, 3.05) is 26.1 Å². The van der Waals surface area contributed by atoms with Crippen molar-refractivity contribution in [2.45, 2.75) is 19.9 Å². The van der Waals surface area contributed by atoms with Gasteiger partial charge in [0.25, 0.3) is 17.1 Å². The van der Waals surface area contributed by atoms with Gasteiger partial charge in [-0.25, -0.2) is 4.79 Å². The summed E-state index contributed by atoms with van der Waals surface area (Å²) in [6, 6.07) is 11.2. The number of carbonyl (C=O) groups excluding carboxylic acids is 4. The molecule has 1 aliphatic heterocycles. The number of esters is 1. The molecule has 0 saturated carbocycles. The van der Waals surface area contributed by atoms with Gasteiger partial charge in [-0.15, -0.1) is 0 Å². The van der Waals surface area contributed by atoms with Crippen molar-refractivity contribution in [3.8, 4) is 11.5 Å². The summed E-state index contributed by atoms with van der Waals surface area (Å²) >= 11 is 0.732. The van der Waals surface area contributed by atoms with Crippen LogP contribution in [0.15, 0.2) is 47.4 Å². The van der Waals surface area contributed by atoms with Gasteiger partial charge in [0.2, 0.25) is 0 Å². The highest BCUT2D eigenvalue weighted by atomic mass is 32.2. The Balaban J connectivity index is 1.68. The number of hydrogen-bond acceptors (Lipinski definition) is 8. The molecule has 34 heavy (non-hydrogen) atoms. The van der Waals surface area contributed by atoms with Crippen molar-refractivity contribution in [1.29, 1.82) is 0 Å². The fraction of sp³-hybridized carbons (Fsp3) is 0.250. The van der Waals surface area contributed by atoms with Crippen molar-refractivity contribution in [2.24, 2.45) is 0 Å². The van der Waals surface area contributed by atoms with Crippen LogP contribution in [0.4, 0.5) is 10.5 Å². The Morgan fingerprint density at radius 3 is 2.44 bits per heavy atom. The number of aryl methyl sites for hydroxylation is 1. The van der Waals surface area contributed by atoms with Crippen molar-refractivity contribution >= 4 is 46.5 Å². The molecule has 2 aromatic rings. The van der Waals surface area contributed by atoms with Crippen molar-refractivity contribution in [3.63, 3.8) is 0 Å². The summed E-state index contributed by atoms with van der Waals surface area (Å²) in [5.41, 5.74) is 2.32. The Morgan fingerprint density at radius 2 is 1.79 bits per heavy atom. The van der Waals surface area contributed by atoms with E-state index in [9.17, 15) is 19.2 Å². The van der Waals surface area contributed by atoms with Crippen LogP contribution in [0.2, 0.25) is 0 Å². The zero-order chi connectivity index (χ0) is 24.8. The number of rotatable bonds is 8. The first-order valence-electron chi connectivity index (χ1n) is 10.3. The van der Waals surface area contributed by atoms with Gasteiger partial charge in [0.05, 0.1) is 19.1 Å². The number of hydrogen-bond donors (Lipinski definition) is 1. The minimum atomic E-state index is -1.03. The normalized spacial score (nSPS) is 15.3. The molecule has 10 heteroatoms. The zero-order valence-corrected chi connectivity index (χ0v) is 19.9. The van der Waals surface area contributed by atoms with Gasteiger partial charge in [0.1, 0.15) is 6.04 Å². The number of imide groups is 1. The smallest absolute Gasteiger partial charge is 0.328 e. The summed E-state index contributed by atoms with van der Waals surface area (Å²) in [6.07, 6.45) is 1.52. The van der Waals surface area contributed by atoms with E-state index in [1.54, 1.807) is 30.3 Å². The highest BCUT2D eigenvalue weighted by Crippen LogP contribution is 2.35. The Kier molecular flexibility index (Phi) is 7.95. The monoisotopic (exact) mass is 484 g/mol. The fourth-order valence-corrected chi connectivity index (χ4v) is 4.02. The van der Waals surface area contributed by atoms with E-state index < -0.39 is 23.2 Å². The van der Waals surface area contributed by atoms with E-state index in [2.05, 4.69) is 10.1 Å². The van der Waals surface area contributed by atoms with Crippen LogP contribution in [0.25, 0.3) is 6.08 Å². The van der Waals surface area contributed by atoms with Crippen LogP contribution in [0.1, 0.15) is 18.1 Å². The molecule has 1 saturated heterocycles. The first-order chi connectivity index (χ1) is 16.2. The van der Waals surface area contributed by atoms with E-state index in [-0.39, 0.29) is 17.4 Å². The summed E-state index contributed by atoms with van der Waals surface area (Å²) in [4.78, 5) is 49.9. The van der Waals surface area contributed by atoms with E-state index in [1.807, 2.05) is 19.1 Å². The number of carbonyl (C=O) groups is 4. The van der Waals surface area contributed by atoms with Gasteiger partial charge in [0, 0.05) is 5.69 Å². The lowest BCUT2D eigenvalue weighted by molar-refractivity contribution is -0.148. The van der Waals surface area contributed by atoms with Crippen LogP contribution in [0, 0.1) is 6.92 Å². The molecule has 1 atom stereocenters. The number of nitrogens with zero attached hydrogens (tertiary/aromatic N) is 1. The third kappa shape index (κ3) is 5.76. The lowest BCUT2D eigenvalue weighted by Gasteiger charge is -2.18. The minimum Gasteiger partial charge on any atom is -0.493 e. The Bertz CT molecular complexity index is 1140. The molecule has 0 radical (unpaired) electrons. The first-order valence-corrected chi connectivity index (χ1v) is 11.1. The molecule has 0 spiro atoms. The van der Waals surface area contributed by atoms with Gasteiger partial charge in [-0.2, -0.15) is 0 Å². The average molecular weight is 485 g/mol. The van der Waals surface area contributed by atoms with Crippen LogP contribution in [-0.2, 0) is 19.1 Å². The van der Waals surface area contributed by atoms with Crippen LogP contribution in [0.3, 0.4) is 0 Å². The summed E-state index contributed by atoms with van der Waals surface area (Å²) < 4.78 is 15.6. The Hall–Kier alpha value is -3.79. The van der Waals surface area contributed by atoms with Gasteiger partial charge < -0.3 is 19.5 Å². The van der Waals surface area contributed by atoms with Crippen LogP contribution in [-0.4, -0.2) is 54.8 Å². The number of amides is 3. The van der Waals surface area contributed by atoms with Crippen LogP contribution < -0.4 is 14.8 Å². The highest BCUT2D eigenvalue weighted by Gasteiger charge is 2.41. The molecule has 1 heterocycles. The summed E-state index contributed by atoms with van der Waals surface area (Å²) in [7, 11) is 2.64. The maximum Gasteiger partial charge on any atom is 0.328 e. The SMILES string of the molecule is COC(=O)[C@@H](C)N1C(=O)S/C(=C/c2ccc(OCC(=O)Nc3ccc(C)cc3)c(OC)c2)C1=O. The Morgan fingerprint density at radius 1 is 1.09 bits per heavy atom. The number of anilines is 1. The van der Waals surface area contributed by atoms with E-state index in [0.29, 0.717) is 22.7 Å². The van der Waals surface area contributed by atoms with Gasteiger partial charge in [0.15, 0.2) is 18.1 Å². The predicted molar refractivity (Wildman–Crippen MR) is 128 cm³/mol. The third-order valence-electron chi connectivity index (χ3n) is 4.93. The molecule has 0 aliphatic carbocycles. The van der Waals surface area contributed by atoms with Gasteiger partial charge in [-0.05, 0) is 61.5 Å². The lowest BCUT2D eigenvalue weighted by atomic mass is 10.1. The van der Waals surface area contributed by atoms with Gasteiger partial charge in [-0.3, -0.25) is 19.3 Å². The average Bonchev–Trinajstić information content (AvgIpc) is 3.10. The molecule has 0 aromatic heterocycles. The van der Waals surface area contributed by atoms with Crippen molar-refractivity contribution in [1.82, 2.24) is 4.90 Å². The molecule has 2 aromatic carbocycles. The minimum absolute atomic E-state index is 0.161. The maximum atomic E-state index is 12.7. The van der Waals surface area contributed by atoms with Gasteiger partial charge in [-0.1, -0.05) is 23.8 Å². The third-order valence-corrected chi connectivity index (χ3v) is 5.82. The molecule has 1 aliphatic rings. The molecule has 0 bridgehead atoms. The first kappa shape index (κ1) is 24.8. The summed E-state index contributed by atoms with van der Waals surface area (Å²) in [5.74, 6) is -0.911. The second-order valence-corrected chi connectivity index (χ2v) is 8.36. The molecule has 1 N–H and O–H groups in total. The van der Waals surface area contributed by atoms with Crippen molar-refractivity contribution < 1.29 is 33.4 Å². The molecular weight excluding hydrogens is 460 g/mol. The zero-order valence-electron chi connectivity index (χ0n) is 19.1. The second kappa shape index (κ2) is 10.9. The Labute approximate surface area is 201 Å². The molecule has 3 amide bonds. The topological polar surface area (TPSA) is 111 Å². The highest BCUT2D eigenvalue weighted by molar-refractivity contribution is 8.18. The fourth-order valence-electron chi connectivity index (χ4n) is 3.11. The van der Waals surface area contributed by atoms with E-state index in [0.717, 1.165) is 22.2 Å². The van der Waals surface area contributed by atoms with E-state index >= 15 is 0 Å². The number of methoxy groups -OCH3 is 2. The molecule has 3 rings (SSSR count). The maximum absolute atomic E-state index is 12.7. The molecule has 9 nitrogen and oxygen atoms in total. The predicted octanol–water partition coefficient (Wildman–Crippen LogP) is 3.62. The summed E-state index contributed by atoms with van der Waals surface area (Å²) in [5, 5.41) is 2.19. The number of nitrogens with one attached hydrogen (secondary N) is 1. The van der Waals surface area contributed by atoms with Crippen molar-refractivity contribution in [3.05, 3.63) is 58.5 Å². The van der Waals surface area contributed by atoms with Gasteiger partial charge >= 0.3 is 5.97 Å². The lowest BCUT2D eigenvalue weighted by Crippen LogP contribution is -2.42. The molecule has 1 fully saturated rings. The molecule has 0 unspecified atom stereocenters. The standard InChI is InChI=1S/C24H24N2O7S/c1-14-5-8-17(9-6-14)25-21(27)13-33-18-10-7-16(11-19(18)31-3)12-20-22(28)26(24(30)34-20)15(2)23(29)32-4/h5-12,15H,13H2,1-4H3,(H,25,27)/b20-12+/t15-/m1/s1.